The molecule has 0 spiro atoms. The van der Waals surface area contributed by atoms with E-state index in [4.69, 9.17) is 5.73 Å². The van der Waals surface area contributed by atoms with E-state index in [9.17, 15) is 0 Å². The predicted octanol–water partition coefficient (Wildman–Crippen LogP) is 2.50. The fourth-order valence-corrected chi connectivity index (χ4v) is 1.95. The summed E-state index contributed by atoms with van der Waals surface area (Å²) in [5.74, 6) is 0.971. The molecule has 0 aliphatic rings. The van der Waals surface area contributed by atoms with Gasteiger partial charge in [-0.05, 0) is 44.5 Å². The number of nitrogens with two attached hydrogens (primary N) is 1. The number of nitrogens with one attached hydrogen (secondary N) is 1. The highest BCUT2D eigenvalue weighted by Gasteiger charge is 2.09. The summed E-state index contributed by atoms with van der Waals surface area (Å²) in [6.45, 7) is 6.93. The molecule has 0 radical (unpaired) electrons. The normalized spacial score (nSPS) is 10.8. The Labute approximate surface area is 102 Å². The van der Waals surface area contributed by atoms with E-state index in [-0.39, 0.29) is 0 Å². The number of hydrogen-bond acceptors (Lipinski definition) is 2. The number of aryl methyl sites for hydroxylation is 3. The third-order valence-electron chi connectivity index (χ3n) is 3.10. The summed E-state index contributed by atoms with van der Waals surface area (Å²) in [6.07, 6.45) is 0.797. The van der Waals surface area contributed by atoms with Crippen molar-refractivity contribution in [2.24, 2.45) is 5.73 Å². The van der Waals surface area contributed by atoms with Gasteiger partial charge in [0.1, 0.15) is 5.82 Å². The van der Waals surface area contributed by atoms with Crippen molar-refractivity contribution in [1.82, 2.24) is 9.97 Å². The minimum absolute atomic E-state index is 0.624. The lowest BCUT2D eigenvalue weighted by Crippen LogP contribution is -2.03. The summed E-state index contributed by atoms with van der Waals surface area (Å²) < 4.78 is 0. The van der Waals surface area contributed by atoms with Crippen molar-refractivity contribution in [2.75, 3.05) is 6.54 Å². The second-order valence-electron chi connectivity index (χ2n) is 4.49. The van der Waals surface area contributed by atoms with Gasteiger partial charge in [0.25, 0.3) is 0 Å². The molecule has 90 valence electrons. The highest BCUT2D eigenvalue weighted by atomic mass is 14.9. The van der Waals surface area contributed by atoms with Crippen molar-refractivity contribution in [2.45, 2.75) is 27.2 Å². The van der Waals surface area contributed by atoms with Crippen LogP contribution in [-0.4, -0.2) is 16.5 Å². The first-order valence-corrected chi connectivity index (χ1v) is 5.95. The molecule has 1 aromatic carbocycles. The lowest BCUT2D eigenvalue weighted by atomic mass is 10.0. The third kappa shape index (κ3) is 2.39. The Hall–Kier alpha value is -1.61. The highest BCUT2D eigenvalue weighted by Crippen LogP contribution is 2.23. The summed E-state index contributed by atoms with van der Waals surface area (Å²) in [4.78, 5) is 7.89. The number of aromatic amines is 1. The van der Waals surface area contributed by atoms with Gasteiger partial charge in [-0.3, -0.25) is 0 Å². The van der Waals surface area contributed by atoms with Crippen molar-refractivity contribution in [3.8, 4) is 11.3 Å². The van der Waals surface area contributed by atoms with Gasteiger partial charge < -0.3 is 10.7 Å². The maximum absolute atomic E-state index is 5.54. The van der Waals surface area contributed by atoms with Crippen molar-refractivity contribution >= 4 is 0 Å². The Morgan fingerprint density at radius 1 is 1.18 bits per heavy atom. The molecule has 17 heavy (non-hydrogen) atoms. The molecule has 0 amide bonds. The topological polar surface area (TPSA) is 54.7 Å². The van der Waals surface area contributed by atoms with Crippen LogP contribution in [0.3, 0.4) is 0 Å². The molecule has 0 saturated heterocycles. The van der Waals surface area contributed by atoms with Crippen molar-refractivity contribution in [3.05, 3.63) is 40.8 Å². The molecule has 0 fully saturated rings. The molecule has 1 heterocycles. The van der Waals surface area contributed by atoms with Gasteiger partial charge in [0, 0.05) is 17.7 Å². The Bertz CT molecular complexity index is 526. The molecule has 2 aromatic rings. The molecule has 2 rings (SSSR count). The van der Waals surface area contributed by atoms with Crippen LogP contribution < -0.4 is 5.73 Å². The molecule has 0 saturated carbocycles. The predicted molar refractivity (Wildman–Crippen MR) is 71.0 cm³/mol. The molecular weight excluding hydrogens is 210 g/mol. The standard InChI is InChI=1S/C14H19N3/c1-9-4-5-12(8-10(9)2)14-11(3)16-13(17-14)6-7-15/h4-5,8H,6-7,15H2,1-3H3,(H,16,17). The van der Waals surface area contributed by atoms with Gasteiger partial charge in [0.05, 0.1) is 5.69 Å². The van der Waals surface area contributed by atoms with Gasteiger partial charge in [-0.2, -0.15) is 0 Å². The first kappa shape index (κ1) is 11.9. The number of nitrogens with zero attached hydrogens (tertiary/aromatic N) is 1. The smallest absolute Gasteiger partial charge is 0.108 e. The van der Waals surface area contributed by atoms with Crippen LogP contribution in [0.1, 0.15) is 22.6 Å². The zero-order valence-electron chi connectivity index (χ0n) is 10.7. The van der Waals surface area contributed by atoms with Crippen LogP contribution >= 0.6 is 0 Å². The maximum atomic E-state index is 5.54. The first-order chi connectivity index (χ1) is 8.11. The maximum Gasteiger partial charge on any atom is 0.108 e. The number of imidazole rings is 1. The van der Waals surface area contributed by atoms with E-state index in [0.717, 1.165) is 23.6 Å². The van der Waals surface area contributed by atoms with Crippen LogP contribution in [0.15, 0.2) is 18.2 Å². The molecule has 3 nitrogen and oxygen atoms in total. The Balaban J connectivity index is 2.41. The van der Waals surface area contributed by atoms with Gasteiger partial charge in [-0.15, -0.1) is 0 Å². The van der Waals surface area contributed by atoms with Crippen molar-refractivity contribution < 1.29 is 0 Å². The van der Waals surface area contributed by atoms with Gasteiger partial charge in [0.15, 0.2) is 0 Å². The second kappa shape index (κ2) is 4.72. The second-order valence-corrected chi connectivity index (χ2v) is 4.49. The fourth-order valence-electron chi connectivity index (χ4n) is 1.95. The molecule has 3 heteroatoms. The minimum Gasteiger partial charge on any atom is -0.346 e. The lowest BCUT2D eigenvalue weighted by molar-refractivity contribution is 0.891. The highest BCUT2D eigenvalue weighted by molar-refractivity contribution is 5.63. The minimum atomic E-state index is 0.624. The van der Waals surface area contributed by atoms with Crippen LogP contribution in [0, 0.1) is 20.8 Å². The molecule has 0 bridgehead atoms. The molecule has 0 aliphatic heterocycles. The molecule has 0 aliphatic carbocycles. The van der Waals surface area contributed by atoms with Gasteiger partial charge in [0.2, 0.25) is 0 Å². The number of hydrogen-bond donors (Lipinski definition) is 2. The summed E-state index contributed by atoms with van der Waals surface area (Å²) in [7, 11) is 0. The lowest BCUT2D eigenvalue weighted by Gasteiger charge is -2.03. The van der Waals surface area contributed by atoms with Gasteiger partial charge in [-0.25, -0.2) is 4.98 Å². The van der Waals surface area contributed by atoms with E-state index >= 15 is 0 Å². The van der Waals surface area contributed by atoms with Crippen molar-refractivity contribution in [1.29, 1.82) is 0 Å². The SMILES string of the molecule is Cc1ccc(-c2nc(CCN)[nH]c2C)cc1C. The number of benzene rings is 1. The average Bonchev–Trinajstić information content (AvgIpc) is 2.64. The Morgan fingerprint density at radius 3 is 2.59 bits per heavy atom. The largest absolute Gasteiger partial charge is 0.346 e. The van der Waals surface area contributed by atoms with E-state index in [1.54, 1.807) is 0 Å². The summed E-state index contributed by atoms with van der Waals surface area (Å²) >= 11 is 0. The fraction of sp³-hybridized carbons (Fsp3) is 0.357. The van der Waals surface area contributed by atoms with Gasteiger partial charge in [-0.1, -0.05) is 12.1 Å². The molecule has 3 N–H and O–H groups in total. The molecule has 0 atom stereocenters. The zero-order chi connectivity index (χ0) is 12.4. The van der Waals surface area contributed by atoms with Crippen LogP contribution in [0.4, 0.5) is 0 Å². The zero-order valence-corrected chi connectivity index (χ0v) is 10.7. The molecule has 0 unspecified atom stereocenters. The average molecular weight is 229 g/mol. The van der Waals surface area contributed by atoms with Crippen LogP contribution in [0.5, 0.6) is 0 Å². The quantitative estimate of drug-likeness (QED) is 0.849. The number of H-pyrrole nitrogens is 1. The van der Waals surface area contributed by atoms with E-state index in [0.29, 0.717) is 6.54 Å². The van der Waals surface area contributed by atoms with E-state index in [2.05, 4.69) is 48.9 Å². The van der Waals surface area contributed by atoms with E-state index in [1.807, 2.05) is 0 Å². The molecular formula is C14H19N3. The van der Waals surface area contributed by atoms with Crippen LogP contribution in [-0.2, 0) is 6.42 Å². The molecule has 1 aromatic heterocycles. The van der Waals surface area contributed by atoms with Gasteiger partial charge >= 0.3 is 0 Å². The summed E-state index contributed by atoms with van der Waals surface area (Å²) in [5, 5.41) is 0. The monoisotopic (exact) mass is 229 g/mol. The number of rotatable bonds is 3. The Morgan fingerprint density at radius 2 is 1.94 bits per heavy atom. The Kier molecular flexibility index (Phi) is 3.29. The van der Waals surface area contributed by atoms with E-state index < -0.39 is 0 Å². The van der Waals surface area contributed by atoms with E-state index in [1.165, 1.54) is 16.7 Å². The van der Waals surface area contributed by atoms with Crippen molar-refractivity contribution in [3.63, 3.8) is 0 Å². The number of aromatic nitrogens is 2. The first-order valence-electron chi connectivity index (χ1n) is 5.95. The third-order valence-corrected chi connectivity index (χ3v) is 3.10. The summed E-state index contributed by atoms with van der Waals surface area (Å²) in [6, 6.07) is 6.45. The van der Waals surface area contributed by atoms with Crippen LogP contribution in [0.25, 0.3) is 11.3 Å². The van der Waals surface area contributed by atoms with Crippen LogP contribution in [0.2, 0.25) is 0 Å². The summed E-state index contributed by atoms with van der Waals surface area (Å²) in [5.41, 5.74) is 11.5.